The highest BCUT2D eigenvalue weighted by atomic mass is 16.5. The lowest BCUT2D eigenvalue weighted by Crippen LogP contribution is -2.10. The van der Waals surface area contributed by atoms with Crippen molar-refractivity contribution in [1.29, 1.82) is 0 Å². The summed E-state index contributed by atoms with van der Waals surface area (Å²) in [5.74, 6) is 1.65. The largest absolute Gasteiger partial charge is 0.495 e. The summed E-state index contributed by atoms with van der Waals surface area (Å²) in [6.07, 6.45) is 1.40. The predicted octanol–water partition coefficient (Wildman–Crippen LogP) is 7.15. The molecule has 0 atom stereocenters. The summed E-state index contributed by atoms with van der Waals surface area (Å²) in [6, 6.07) is 11.7. The van der Waals surface area contributed by atoms with E-state index in [0.29, 0.717) is 28.4 Å². The van der Waals surface area contributed by atoms with E-state index < -0.39 is 0 Å². The van der Waals surface area contributed by atoms with Crippen LogP contribution in [0.4, 0.5) is 0 Å². The Bertz CT molecular complexity index is 1160. The Balaban J connectivity index is 2.43. The summed E-state index contributed by atoms with van der Waals surface area (Å²) < 4.78 is 18.3. The zero-order valence-corrected chi connectivity index (χ0v) is 21.8. The molecule has 3 rings (SSSR count). The number of carbonyl (C=O) groups excluding carboxylic acids is 2. The minimum atomic E-state index is -0.122. The van der Waals surface area contributed by atoms with Crippen LogP contribution in [0.2, 0.25) is 0 Å². The second kappa shape index (κ2) is 10.8. The van der Waals surface area contributed by atoms with Gasteiger partial charge < -0.3 is 14.2 Å². The summed E-state index contributed by atoms with van der Waals surface area (Å²) in [4.78, 5) is 23.9. The number of ether oxygens (including phenoxy) is 3. The van der Waals surface area contributed by atoms with Crippen molar-refractivity contribution in [3.05, 3.63) is 64.2 Å². The van der Waals surface area contributed by atoms with Crippen LogP contribution < -0.4 is 14.2 Å². The Labute approximate surface area is 208 Å². The third kappa shape index (κ3) is 5.56. The number of methoxy groups -OCH3 is 1. The molecule has 0 heterocycles. The number of aryl methyl sites for hydroxylation is 3. The molecular weight excluding hydrogens is 440 g/mol. The van der Waals surface area contributed by atoms with Gasteiger partial charge in [-0.15, -0.1) is 0 Å². The molecule has 3 aromatic carbocycles. The third-order valence-electron chi connectivity index (χ3n) is 5.50. The lowest BCUT2D eigenvalue weighted by Gasteiger charge is -2.23. The van der Waals surface area contributed by atoms with Crippen molar-refractivity contribution in [3.8, 4) is 39.5 Å². The van der Waals surface area contributed by atoms with Gasteiger partial charge in [-0.25, -0.2) is 0 Å². The molecule has 5 heteroatoms. The van der Waals surface area contributed by atoms with Crippen LogP contribution in [-0.4, -0.2) is 31.9 Å². The number of hydrogen-bond donors (Lipinski definition) is 0. The Morgan fingerprint density at radius 2 is 0.886 bits per heavy atom. The second-order valence-electron chi connectivity index (χ2n) is 9.42. The van der Waals surface area contributed by atoms with Gasteiger partial charge in [0.15, 0.2) is 12.6 Å². The van der Waals surface area contributed by atoms with Crippen LogP contribution in [0.1, 0.15) is 65.1 Å². The fraction of sp³-hybridized carbons (Fsp3) is 0.333. The summed E-state index contributed by atoms with van der Waals surface area (Å²) >= 11 is 0. The van der Waals surface area contributed by atoms with Gasteiger partial charge >= 0.3 is 0 Å². The first kappa shape index (κ1) is 26.0. The lowest BCUT2D eigenvalue weighted by atomic mass is 9.90. The highest BCUT2D eigenvalue weighted by Crippen LogP contribution is 2.47. The smallest absolute Gasteiger partial charge is 0.153 e. The SMILES string of the molecule is COc1c(-c2cc(C)cc(C=O)c2OC(C)C)cc(C)cc1-c1cc(C)cc(C=O)c1OC(C)C. The fourth-order valence-corrected chi connectivity index (χ4v) is 4.31. The molecule has 0 spiro atoms. The molecular formula is C30H34O5. The number of carbonyl (C=O) groups is 2. The molecule has 0 saturated heterocycles. The molecule has 0 N–H and O–H groups in total. The van der Waals surface area contributed by atoms with Crippen LogP contribution in [0.15, 0.2) is 36.4 Å². The maximum atomic E-state index is 11.9. The molecule has 0 radical (unpaired) electrons. The molecule has 0 saturated carbocycles. The van der Waals surface area contributed by atoms with E-state index in [4.69, 9.17) is 14.2 Å². The third-order valence-corrected chi connectivity index (χ3v) is 5.50. The number of hydrogen-bond acceptors (Lipinski definition) is 5. The molecule has 3 aromatic rings. The first-order valence-corrected chi connectivity index (χ1v) is 11.8. The number of rotatable bonds is 9. The van der Waals surface area contributed by atoms with Crippen LogP contribution >= 0.6 is 0 Å². The van der Waals surface area contributed by atoms with Gasteiger partial charge in [0.1, 0.15) is 17.2 Å². The monoisotopic (exact) mass is 474 g/mol. The molecule has 0 aliphatic heterocycles. The summed E-state index contributed by atoms with van der Waals surface area (Å²) in [5, 5.41) is 0. The Morgan fingerprint density at radius 1 is 0.571 bits per heavy atom. The topological polar surface area (TPSA) is 61.8 Å². The highest BCUT2D eigenvalue weighted by molar-refractivity contribution is 5.94. The van der Waals surface area contributed by atoms with E-state index in [1.54, 1.807) is 7.11 Å². The van der Waals surface area contributed by atoms with Crippen molar-refractivity contribution < 1.29 is 23.8 Å². The van der Waals surface area contributed by atoms with Gasteiger partial charge in [0.2, 0.25) is 0 Å². The van der Waals surface area contributed by atoms with Gasteiger partial charge in [-0.3, -0.25) is 9.59 Å². The lowest BCUT2D eigenvalue weighted by molar-refractivity contribution is 0.111. The molecule has 0 bridgehead atoms. The normalized spacial score (nSPS) is 11.0. The first-order chi connectivity index (χ1) is 16.6. The van der Waals surface area contributed by atoms with Crippen LogP contribution in [0, 0.1) is 20.8 Å². The van der Waals surface area contributed by atoms with Crippen molar-refractivity contribution in [3.63, 3.8) is 0 Å². The van der Waals surface area contributed by atoms with Crippen molar-refractivity contribution >= 4 is 12.6 Å². The average Bonchev–Trinajstić information content (AvgIpc) is 2.79. The molecule has 5 nitrogen and oxygen atoms in total. The van der Waals surface area contributed by atoms with E-state index >= 15 is 0 Å². The Hall–Kier alpha value is -3.60. The Kier molecular flexibility index (Phi) is 8.00. The van der Waals surface area contributed by atoms with Crippen LogP contribution in [0.5, 0.6) is 17.2 Å². The molecule has 184 valence electrons. The summed E-state index contributed by atoms with van der Waals surface area (Å²) in [7, 11) is 1.62. The van der Waals surface area contributed by atoms with Crippen molar-refractivity contribution in [2.24, 2.45) is 0 Å². The standard InChI is InChI=1S/C30H34O5/c1-17(2)34-28-22(15-31)9-19(5)11-24(28)26-13-21(7)14-27(30(26)33-8)25-12-20(6)10-23(16-32)29(25)35-18(3)4/h9-18H,1-8H3. The van der Waals surface area contributed by atoms with Crippen LogP contribution in [0.25, 0.3) is 22.3 Å². The zero-order chi connectivity index (χ0) is 25.9. The van der Waals surface area contributed by atoms with Gasteiger partial charge in [0, 0.05) is 22.3 Å². The molecule has 0 amide bonds. The molecule has 0 aliphatic rings. The van der Waals surface area contributed by atoms with E-state index in [-0.39, 0.29) is 12.2 Å². The minimum absolute atomic E-state index is 0.122. The van der Waals surface area contributed by atoms with Crippen LogP contribution in [0.3, 0.4) is 0 Å². The van der Waals surface area contributed by atoms with Gasteiger partial charge in [-0.1, -0.05) is 0 Å². The predicted molar refractivity (Wildman–Crippen MR) is 140 cm³/mol. The highest BCUT2D eigenvalue weighted by Gasteiger charge is 2.23. The van der Waals surface area contributed by atoms with Gasteiger partial charge in [-0.2, -0.15) is 0 Å². The summed E-state index contributed by atoms with van der Waals surface area (Å²) in [5.41, 5.74) is 6.99. The molecule has 0 aromatic heterocycles. The quantitative estimate of drug-likeness (QED) is 0.308. The van der Waals surface area contributed by atoms with Gasteiger partial charge in [0.05, 0.1) is 30.4 Å². The first-order valence-electron chi connectivity index (χ1n) is 11.8. The van der Waals surface area contributed by atoms with E-state index in [1.807, 2.05) is 84.9 Å². The van der Waals surface area contributed by atoms with E-state index in [9.17, 15) is 9.59 Å². The van der Waals surface area contributed by atoms with Crippen LogP contribution in [-0.2, 0) is 0 Å². The Morgan fingerprint density at radius 3 is 1.17 bits per heavy atom. The molecule has 35 heavy (non-hydrogen) atoms. The average molecular weight is 475 g/mol. The van der Waals surface area contributed by atoms with E-state index in [1.165, 1.54) is 0 Å². The second-order valence-corrected chi connectivity index (χ2v) is 9.42. The van der Waals surface area contributed by atoms with Gasteiger partial charge in [-0.05, 0) is 102 Å². The van der Waals surface area contributed by atoms with Crippen molar-refractivity contribution in [1.82, 2.24) is 0 Å². The van der Waals surface area contributed by atoms with Gasteiger partial charge in [0.25, 0.3) is 0 Å². The molecule has 0 fully saturated rings. The number of aldehydes is 2. The maximum absolute atomic E-state index is 11.9. The van der Waals surface area contributed by atoms with Crippen molar-refractivity contribution in [2.75, 3.05) is 7.11 Å². The maximum Gasteiger partial charge on any atom is 0.153 e. The zero-order valence-electron chi connectivity index (χ0n) is 21.8. The van der Waals surface area contributed by atoms with E-state index in [0.717, 1.165) is 51.5 Å². The van der Waals surface area contributed by atoms with E-state index in [2.05, 4.69) is 0 Å². The molecule has 0 unspecified atom stereocenters. The fourth-order valence-electron chi connectivity index (χ4n) is 4.31. The summed E-state index contributed by atoms with van der Waals surface area (Å²) in [6.45, 7) is 13.6. The number of benzene rings is 3. The molecule has 0 aliphatic carbocycles. The minimum Gasteiger partial charge on any atom is -0.495 e. The van der Waals surface area contributed by atoms with Crippen molar-refractivity contribution in [2.45, 2.75) is 60.7 Å².